The van der Waals surface area contributed by atoms with Gasteiger partial charge in [0.1, 0.15) is 0 Å². The lowest BCUT2D eigenvalue weighted by atomic mass is 9.86. The molecule has 3 heteroatoms. The molecule has 0 spiro atoms. The molecule has 56 valence electrons. The summed E-state index contributed by atoms with van der Waals surface area (Å²) >= 11 is 0. The van der Waals surface area contributed by atoms with Gasteiger partial charge in [0.2, 0.25) is 0 Å². The van der Waals surface area contributed by atoms with Gasteiger partial charge in [0.25, 0.3) is 0 Å². The lowest BCUT2D eigenvalue weighted by molar-refractivity contribution is -0.154. The third kappa shape index (κ3) is 0.916. The van der Waals surface area contributed by atoms with E-state index in [9.17, 15) is 9.59 Å². The van der Waals surface area contributed by atoms with Crippen LogP contribution >= 0.6 is 0 Å². The first kappa shape index (κ1) is 7.25. The van der Waals surface area contributed by atoms with Gasteiger partial charge in [0.15, 0.2) is 0 Å². The molecule has 1 aliphatic rings. The summed E-state index contributed by atoms with van der Waals surface area (Å²) in [6.45, 7) is 3.63. The fraction of sp³-hybridized carbons (Fsp3) is 0.714. The van der Waals surface area contributed by atoms with Crippen LogP contribution in [0.1, 0.15) is 26.7 Å². The van der Waals surface area contributed by atoms with Crippen LogP contribution in [0.25, 0.3) is 0 Å². The van der Waals surface area contributed by atoms with Crippen LogP contribution in [0.2, 0.25) is 0 Å². The van der Waals surface area contributed by atoms with Crippen LogP contribution in [0.3, 0.4) is 0 Å². The van der Waals surface area contributed by atoms with Crippen molar-refractivity contribution < 1.29 is 14.3 Å². The van der Waals surface area contributed by atoms with E-state index in [1.807, 2.05) is 6.92 Å². The monoisotopic (exact) mass is 142 g/mol. The Morgan fingerprint density at radius 3 is 2.40 bits per heavy atom. The Morgan fingerprint density at radius 2 is 2.20 bits per heavy atom. The SMILES string of the molecule is CC[C@]1(C)CC(=O)OC1=O. The highest BCUT2D eigenvalue weighted by molar-refractivity contribution is 5.97. The summed E-state index contributed by atoms with van der Waals surface area (Å²) in [4.78, 5) is 21.5. The summed E-state index contributed by atoms with van der Waals surface area (Å²) in [5.74, 6) is -0.769. The van der Waals surface area contributed by atoms with Crippen molar-refractivity contribution in [1.29, 1.82) is 0 Å². The lowest BCUT2D eigenvalue weighted by Crippen LogP contribution is -2.20. The molecule has 0 bridgehead atoms. The largest absolute Gasteiger partial charge is 0.393 e. The lowest BCUT2D eigenvalue weighted by Gasteiger charge is -2.12. The minimum Gasteiger partial charge on any atom is -0.393 e. The van der Waals surface area contributed by atoms with Crippen LogP contribution < -0.4 is 0 Å². The smallest absolute Gasteiger partial charge is 0.320 e. The third-order valence-electron chi connectivity index (χ3n) is 2.01. The number of rotatable bonds is 1. The summed E-state index contributed by atoms with van der Waals surface area (Å²) in [6.07, 6.45) is 0.903. The molecule has 0 radical (unpaired) electrons. The van der Waals surface area contributed by atoms with Gasteiger partial charge in [-0.2, -0.15) is 0 Å². The maximum Gasteiger partial charge on any atom is 0.320 e. The average Bonchev–Trinajstić information content (AvgIpc) is 2.09. The van der Waals surface area contributed by atoms with Crippen LogP contribution in [0, 0.1) is 5.41 Å². The Balaban J connectivity index is 2.80. The zero-order valence-electron chi connectivity index (χ0n) is 6.14. The summed E-state index contributed by atoms with van der Waals surface area (Å²) in [5.41, 5.74) is -0.545. The standard InChI is InChI=1S/C7H10O3/c1-3-7(2)4-5(8)10-6(7)9/h3-4H2,1-2H3/t7-/m1/s1. The number of hydrogen-bond donors (Lipinski definition) is 0. The summed E-state index contributed by atoms with van der Waals surface area (Å²) in [5, 5.41) is 0. The Morgan fingerprint density at radius 1 is 1.60 bits per heavy atom. The van der Waals surface area contributed by atoms with Crippen molar-refractivity contribution in [3.8, 4) is 0 Å². The van der Waals surface area contributed by atoms with Crippen LogP contribution in [-0.2, 0) is 14.3 Å². The van der Waals surface area contributed by atoms with Crippen LogP contribution in [0.15, 0.2) is 0 Å². The number of carbonyl (C=O) groups excluding carboxylic acids is 2. The van der Waals surface area contributed by atoms with E-state index in [-0.39, 0.29) is 12.4 Å². The zero-order valence-corrected chi connectivity index (χ0v) is 6.14. The Hall–Kier alpha value is -0.860. The van der Waals surface area contributed by atoms with Gasteiger partial charge in [-0.1, -0.05) is 6.92 Å². The Labute approximate surface area is 59.4 Å². The molecular formula is C7H10O3. The highest BCUT2D eigenvalue weighted by atomic mass is 16.6. The fourth-order valence-electron chi connectivity index (χ4n) is 0.923. The molecule has 0 aromatic carbocycles. The van der Waals surface area contributed by atoms with Crippen molar-refractivity contribution in [3.05, 3.63) is 0 Å². The molecule has 1 aliphatic heterocycles. The molecule has 1 saturated heterocycles. The molecule has 3 nitrogen and oxygen atoms in total. The van der Waals surface area contributed by atoms with Crippen LogP contribution in [0.4, 0.5) is 0 Å². The molecule has 0 N–H and O–H groups in total. The van der Waals surface area contributed by atoms with E-state index in [2.05, 4.69) is 4.74 Å². The number of esters is 2. The second-order valence-electron chi connectivity index (χ2n) is 2.85. The van der Waals surface area contributed by atoms with Gasteiger partial charge < -0.3 is 4.74 Å². The van der Waals surface area contributed by atoms with Crippen molar-refractivity contribution >= 4 is 11.9 Å². The average molecular weight is 142 g/mol. The maximum absolute atomic E-state index is 10.9. The van der Waals surface area contributed by atoms with Crippen molar-refractivity contribution in [2.75, 3.05) is 0 Å². The molecule has 1 atom stereocenters. The number of cyclic esters (lactones) is 2. The van der Waals surface area contributed by atoms with Gasteiger partial charge >= 0.3 is 11.9 Å². The molecule has 0 saturated carbocycles. The molecule has 0 unspecified atom stereocenters. The zero-order chi connectivity index (χ0) is 7.78. The van der Waals surface area contributed by atoms with E-state index in [1.165, 1.54) is 0 Å². The maximum atomic E-state index is 10.9. The highest BCUT2D eigenvalue weighted by Crippen LogP contribution is 2.33. The van der Waals surface area contributed by atoms with Gasteiger partial charge in [0.05, 0.1) is 11.8 Å². The molecular weight excluding hydrogens is 132 g/mol. The van der Waals surface area contributed by atoms with Gasteiger partial charge in [0, 0.05) is 0 Å². The van der Waals surface area contributed by atoms with Crippen LogP contribution in [-0.4, -0.2) is 11.9 Å². The first-order valence-corrected chi connectivity index (χ1v) is 3.33. The van der Waals surface area contributed by atoms with E-state index >= 15 is 0 Å². The second-order valence-corrected chi connectivity index (χ2v) is 2.85. The molecule has 0 aromatic heterocycles. The minimum absolute atomic E-state index is 0.238. The van der Waals surface area contributed by atoms with Crippen molar-refractivity contribution in [1.82, 2.24) is 0 Å². The van der Waals surface area contributed by atoms with E-state index in [0.717, 1.165) is 0 Å². The molecule has 1 rings (SSSR count). The van der Waals surface area contributed by atoms with Gasteiger partial charge in [-0.25, -0.2) is 0 Å². The van der Waals surface area contributed by atoms with Crippen molar-refractivity contribution in [3.63, 3.8) is 0 Å². The molecule has 1 heterocycles. The van der Waals surface area contributed by atoms with Gasteiger partial charge in [-0.3, -0.25) is 9.59 Å². The number of ether oxygens (including phenoxy) is 1. The van der Waals surface area contributed by atoms with E-state index in [4.69, 9.17) is 0 Å². The topological polar surface area (TPSA) is 43.4 Å². The van der Waals surface area contributed by atoms with Crippen molar-refractivity contribution in [2.24, 2.45) is 5.41 Å². The molecule has 1 fully saturated rings. The summed E-state index contributed by atoms with van der Waals surface area (Å²) < 4.78 is 4.39. The number of carbonyl (C=O) groups is 2. The van der Waals surface area contributed by atoms with Crippen LogP contribution in [0.5, 0.6) is 0 Å². The summed E-state index contributed by atoms with van der Waals surface area (Å²) in [6, 6.07) is 0. The third-order valence-corrected chi connectivity index (χ3v) is 2.01. The number of hydrogen-bond acceptors (Lipinski definition) is 3. The van der Waals surface area contributed by atoms with Crippen molar-refractivity contribution in [2.45, 2.75) is 26.7 Å². The highest BCUT2D eigenvalue weighted by Gasteiger charge is 2.43. The van der Waals surface area contributed by atoms with E-state index in [1.54, 1.807) is 6.92 Å². The first-order chi connectivity index (χ1) is 4.58. The molecule has 10 heavy (non-hydrogen) atoms. The minimum atomic E-state index is -0.545. The van der Waals surface area contributed by atoms with E-state index < -0.39 is 11.4 Å². The Bertz CT molecular complexity index is 185. The molecule has 0 aromatic rings. The fourth-order valence-corrected chi connectivity index (χ4v) is 0.923. The molecule has 0 aliphatic carbocycles. The van der Waals surface area contributed by atoms with E-state index in [0.29, 0.717) is 6.42 Å². The molecule has 0 amide bonds. The Kier molecular flexibility index (Phi) is 1.50. The van der Waals surface area contributed by atoms with Gasteiger partial charge in [-0.15, -0.1) is 0 Å². The first-order valence-electron chi connectivity index (χ1n) is 3.33. The predicted molar refractivity (Wildman–Crippen MR) is 34.1 cm³/mol. The predicted octanol–water partition coefficient (Wildman–Crippen LogP) is 0.876. The quantitative estimate of drug-likeness (QED) is 0.403. The normalized spacial score (nSPS) is 32.6. The van der Waals surface area contributed by atoms with Gasteiger partial charge in [-0.05, 0) is 13.3 Å². The summed E-state index contributed by atoms with van der Waals surface area (Å²) in [7, 11) is 0. The second kappa shape index (κ2) is 2.08.